The maximum absolute atomic E-state index is 14.0. The van der Waals surface area contributed by atoms with Gasteiger partial charge in [-0.15, -0.1) is 0 Å². The van der Waals surface area contributed by atoms with Crippen LogP contribution in [0.5, 0.6) is 69.0 Å². The van der Waals surface area contributed by atoms with Gasteiger partial charge in [0.05, 0.1) is 24.5 Å². The Balaban J connectivity index is 0.716. The number of sulfone groups is 3. The number of halogens is 2. The second-order valence-electron chi connectivity index (χ2n) is 16.8. The van der Waals surface area contributed by atoms with Crippen LogP contribution in [0.4, 0.5) is 0 Å². The Morgan fingerprint density at radius 2 is 0.416 bits per heavy atom. The first-order valence-electron chi connectivity index (χ1n) is 23.3. The molecule has 17 heteroatoms. The Morgan fingerprint density at radius 3 is 0.675 bits per heavy atom. The van der Waals surface area contributed by atoms with E-state index in [0.29, 0.717) is 63.2 Å². The fraction of sp³-hybridized carbons (Fsp3) is 0. The molecule has 384 valence electrons. The largest absolute Gasteiger partial charge is 0.457 e. The first kappa shape index (κ1) is 52.3. The van der Waals surface area contributed by atoms with Gasteiger partial charge in [0.25, 0.3) is 0 Å². The van der Waals surface area contributed by atoms with Crippen molar-refractivity contribution >= 4 is 61.4 Å². The van der Waals surface area contributed by atoms with E-state index in [2.05, 4.69) is 31.9 Å². The van der Waals surface area contributed by atoms with E-state index in [9.17, 15) is 25.3 Å². The fourth-order valence-electron chi connectivity index (χ4n) is 7.55. The maximum Gasteiger partial charge on any atom is 0.210 e. The van der Waals surface area contributed by atoms with Crippen molar-refractivity contribution in [2.75, 3.05) is 0 Å². The summed E-state index contributed by atoms with van der Waals surface area (Å²) in [6.07, 6.45) is 0. The maximum atomic E-state index is 14.0. The van der Waals surface area contributed by atoms with Crippen LogP contribution >= 0.6 is 31.9 Å². The summed E-state index contributed by atoms with van der Waals surface area (Å²) in [6.45, 7) is 0. The molecular weight excluding hydrogens is 1170 g/mol. The minimum atomic E-state index is -4.06. The molecule has 0 N–H and O–H groups in total. The van der Waals surface area contributed by atoms with Crippen molar-refractivity contribution < 1.29 is 53.7 Å². The summed E-state index contributed by atoms with van der Waals surface area (Å²) in [7, 11) is -11.7. The van der Waals surface area contributed by atoms with Gasteiger partial charge in [0.15, 0.2) is 0 Å². The lowest BCUT2D eigenvalue weighted by molar-refractivity contribution is 0.460. The number of rotatable bonds is 18. The summed E-state index contributed by atoms with van der Waals surface area (Å²) in [5.41, 5.74) is 0. The molecule has 0 amide bonds. The van der Waals surface area contributed by atoms with Gasteiger partial charge < -0.3 is 28.4 Å². The molecule has 0 aliphatic carbocycles. The molecule has 0 unspecified atom stereocenters. The zero-order valence-corrected chi connectivity index (χ0v) is 45.6. The van der Waals surface area contributed by atoms with Crippen LogP contribution in [-0.2, 0) is 29.5 Å². The molecule has 0 aliphatic rings. The van der Waals surface area contributed by atoms with Gasteiger partial charge in [-0.05, 0) is 231 Å². The quantitative estimate of drug-likeness (QED) is 0.0802. The molecule has 0 saturated carbocycles. The predicted molar refractivity (Wildman–Crippen MR) is 297 cm³/mol. The topological polar surface area (TPSA) is 158 Å². The molecule has 0 aliphatic heterocycles. The minimum Gasteiger partial charge on any atom is -0.457 e. The molecule has 77 heavy (non-hydrogen) atoms. The normalized spacial score (nSPS) is 11.6. The number of benzene rings is 10. The van der Waals surface area contributed by atoms with Crippen molar-refractivity contribution in [2.45, 2.75) is 29.4 Å². The summed E-state index contributed by atoms with van der Waals surface area (Å²) in [4.78, 5) is 0.397. The molecule has 12 nitrogen and oxygen atoms in total. The van der Waals surface area contributed by atoms with E-state index in [0.717, 1.165) is 8.95 Å². The van der Waals surface area contributed by atoms with E-state index in [-0.39, 0.29) is 35.1 Å². The Labute approximate surface area is 461 Å². The Bertz CT molecular complexity index is 4020. The van der Waals surface area contributed by atoms with E-state index in [4.69, 9.17) is 28.4 Å². The molecule has 0 heterocycles. The molecule has 0 aromatic heterocycles. The highest BCUT2D eigenvalue weighted by atomic mass is 79.9. The van der Waals surface area contributed by atoms with Crippen molar-refractivity contribution in [3.05, 3.63) is 252 Å². The van der Waals surface area contributed by atoms with Crippen LogP contribution in [0.1, 0.15) is 0 Å². The van der Waals surface area contributed by atoms with Crippen LogP contribution in [0.2, 0.25) is 0 Å². The standard InChI is InChI=1S/C60H40Br2O12S3/c61-41-5-9-43(10-6-41)69-48-21-31-54(32-22-48)75(63,64)56-35-25-50(26-36-56)71-45-13-15-46(16-14-45)72-52-29-39-58(40-30-52)77(67,68)60-4-2-1-3-59(60)74-53-19-17-47(18-20-53)73-51-27-37-57(38-28-51)76(65,66)55-33-23-49(24-34-55)70-44-11-7-42(62)8-12-44/h1-40H. The van der Waals surface area contributed by atoms with Gasteiger partial charge in [-0.1, -0.05) is 44.0 Å². The van der Waals surface area contributed by atoms with Crippen molar-refractivity contribution in [2.24, 2.45) is 0 Å². The molecule has 10 aromatic carbocycles. The summed E-state index contributed by atoms with van der Waals surface area (Å²) in [5, 5.41) is 0. The lowest BCUT2D eigenvalue weighted by Crippen LogP contribution is -2.04. The van der Waals surface area contributed by atoms with Gasteiger partial charge in [-0.25, -0.2) is 25.3 Å². The lowest BCUT2D eigenvalue weighted by atomic mass is 10.3. The molecular formula is C60H40Br2O12S3. The highest BCUT2D eigenvalue weighted by molar-refractivity contribution is 9.10. The average molecular weight is 1210 g/mol. The first-order chi connectivity index (χ1) is 37.1. The Kier molecular flexibility index (Phi) is 15.3. The van der Waals surface area contributed by atoms with E-state index < -0.39 is 29.5 Å². The number of hydrogen-bond donors (Lipinski definition) is 0. The van der Waals surface area contributed by atoms with Crippen molar-refractivity contribution in [1.29, 1.82) is 0 Å². The average Bonchev–Trinajstić information content (AvgIpc) is 3.45. The summed E-state index contributed by atoms with van der Waals surface area (Å²) in [6, 6.07) is 64.8. The predicted octanol–water partition coefficient (Wildman–Crippen LogP) is 16.5. The van der Waals surface area contributed by atoms with Crippen LogP contribution in [0.15, 0.2) is 281 Å². The van der Waals surface area contributed by atoms with Crippen molar-refractivity contribution in [3.63, 3.8) is 0 Å². The smallest absolute Gasteiger partial charge is 0.210 e. The van der Waals surface area contributed by atoms with Crippen LogP contribution in [-0.4, -0.2) is 25.3 Å². The number of ether oxygens (including phenoxy) is 6. The number of hydrogen-bond acceptors (Lipinski definition) is 12. The molecule has 0 radical (unpaired) electrons. The zero-order valence-electron chi connectivity index (χ0n) is 40.0. The lowest BCUT2D eigenvalue weighted by Gasteiger charge is -2.13. The molecule has 0 fully saturated rings. The highest BCUT2D eigenvalue weighted by Crippen LogP contribution is 2.37. The second kappa shape index (κ2) is 22.6. The Hall–Kier alpha value is -8.19. The fourth-order valence-corrected chi connectivity index (χ4v) is 12.0. The Morgan fingerprint density at radius 1 is 0.221 bits per heavy atom. The van der Waals surface area contributed by atoms with E-state index >= 15 is 0 Å². The van der Waals surface area contributed by atoms with E-state index in [1.165, 1.54) is 66.7 Å². The number of para-hydroxylation sites is 1. The van der Waals surface area contributed by atoms with Gasteiger partial charge in [-0.2, -0.15) is 0 Å². The molecule has 0 bridgehead atoms. The highest BCUT2D eigenvalue weighted by Gasteiger charge is 2.24. The van der Waals surface area contributed by atoms with Gasteiger partial charge in [0.1, 0.15) is 73.9 Å². The van der Waals surface area contributed by atoms with Crippen molar-refractivity contribution in [3.8, 4) is 69.0 Å². The van der Waals surface area contributed by atoms with Crippen LogP contribution in [0.25, 0.3) is 0 Å². The SMILES string of the molecule is O=S(=O)(c1ccc(Oc2ccc(Br)cc2)cc1)c1ccc(Oc2ccc(Oc3ccc(S(=O)(=O)c4ccccc4Oc4ccc(Oc5ccc(S(=O)(=O)c6ccc(Oc7ccc(Br)cc7)cc6)cc5)cc4)cc3)cc2)cc1. The molecule has 10 rings (SSSR count). The molecule has 10 aromatic rings. The van der Waals surface area contributed by atoms with Gasteiger partial charge in [-0.3, -0.25) is 0 Å². The summed E-state index contributed by atoms with van der Waals surface area (Å²) >= 11 is 6.78. The van der Waals surface area contributed by atoms with Gasteiger partial charge in [0, 0.05) is 8.95 Å². The minimum absolute atomic E-state index is 0.0197. The third kappa shape index (κ3) is 12.6. The summed E-state index contributed by atoms with van der Waals surface area (Å²) in [5.74, 6) is 5.27. The van der Waals surface area contributed by atoms with Gasteiger partial charge in [0.2, 0.25) is 29.5 Å². The summed E-state index contributed by atoms with van der Waals surface area (Å²) < 4.78 is 119. The van der Waals surface area contributed by atoms with Crippen LogP contribution < -0.4 is 28.4 Å². The molecule has 0 spiro atoms. The third-order valence-corrected chi connectivity index (χ3v) is 17.9. The molecule has 0 saturated heterocycles. The third-order valence-electron chi connectivity index (χ3n) is 11.5. The van der Waals surface area contributed by atoms with Crippen molar-refractivity contribution in [1.82, 2.24) is 0 Å². The molecule has 0 atom stereocenters. The van der Waals surface area contributed by atoms with Crippen LogP contribution in [0.3, 0.4) is 0 Å². The second-order valence-corrected chi connectivity index (χ2v) is 24.4. The first-order valence-corrected chi connectivity index (χ1v) is 29.3. The monoisotopic (exact) mass is 1210 g/mol. The van der Waals surface area contributed by atoms with E-state index in [1.54, 1.807) is 152 Å². The zero-order chi connectivity index (χ0) is 53.6. The van der Waals surface area contributed by atoms with E-state index in [1.807, 2.05) is 24.3 Å². The van der Waals surface area contributed by atoms with Gasteiger partial charge >= 0.3 is 0 Å². The van der Waals surface area contributed by atoms with Crippen LogP contribution in [0, 0.1) is 0 Å².